The van der Waals surface area contributed by atoms with Gasteiger partial charge in [-0.05, 0) is 31.6 Å². The fraction of sp³-hybridized carbons (Fsp3) is 0.609. The Balaban J connectivity index is 1.42. The Morgan fingerprint density at radius 1 is 1.21 bits per heavy atom. The van der Waals surface area contributed by atoms with E-state index in [-0.39, 0.29) is 11.5 Å². The highest BCUT2D eigenvalue weighted by Crippen LogP contribution is 2.56. The first kappa shape index (κ1) is 22.6. The topological polar surface area (TPSA) is 138 Å². The van der Waals surface area contributed by atoms with Gasteiger partial charge in [-0.1, -0.05) is 18.2 Å². The predicted octanol–water partition coefficient (Wildman–Crippen LogP) is -0.233. The average molecular weight is 463 g/mol. The molecule has 1 fully saturated rings. The molecule has 1 aromatic rings. The molecule has 4 N–H and O–H groups in total. The predicted molar refractivity (Wildman–Crippen MR) is 113 cm³/mol. The summed E-state index contributed by atoms with van der Waals surface area (Å²) in [7, 11) is 3.70. The third kappa shape index (κ3) is 3.52. The minimum atomic E-state index is -1.76. The number of aliphatic carboxylic acids is 1. The lowest BCUT2D eigenvalue weighted by Crippen LogP contribution is -2.61. The number of nitrogens with zero attached hydrogens (tertiary/aromatic N) is 1. The molecule has 4 aliphatic rings. The number of carboxylic acids is 1. The van der Waals surface area contributed by atoms with E-state index in [0.29, 0.717) is 12.2 Å². The third-order valence-electron chi connectivity index (χ3n) is 7.25. The Bertz CT molecular complexity index is 967. The lowest BCUT2D eigenvalue weighted by molar-refractivity contribution is -0.302. The van der Waals surface area contributed by atoms with E-state index in [1.54, 1.807) is 7.11 Å². The monoisotopic (exact) mass is 463 g/mol. The number of aliphatic hydroxyl groups is 3. The van der Waals surface area contributed by atoms with Crippen LogP contribution in [0, 0.1) is 0 Å². The first-order valence-corrected chi connectivity index (χ1v) is 11.1. The van der Waals surface area contributed by atoms with Crippen molar-refractivity contribution in [3.8, 4) is 11.5 Å². The molecule has 0 radical (unpaired) electrons. The maximum absolute atomic E-state index is 11.4. The second-order valence-electron chi connectivity index (χ2n) is 9.27. The van der Waals surface area contributed by atoms with Gasteiger partial charge in [0.1, 0.15) is 24.4 Å². The number of aliphatic hydroxyl groups excluding tert-OH is 3. The van der Waals surface area contributed by atoms with E-state index < -0.39 is 42.8 Å². The minimum Gasteiger partial charge on any atom is -0.493 e. The number of rotatable bonds is 4. The van der Waals surface area contributed by atoms with Gasteiger partial charge in [-0.3, -0.25) is 0 Å². The van der Waals surface area contributed by atoms with Gasteiger partial charge in [0, 0.05) is 18.5 Å². The van der Waals surface area contributed by atoms with E-state index in [2.05, 4.69) is 24.1 Å². The molecule has 5 rings (SSSR count). The Morgan fingerprint density at radius 3 is 2.73 bits per heavy atom. The highest BCUT2D eigenvalue weighted by molar-refractivity contribution is 5.73. The van der Waals surface area contributed by atoms with E-state index in [1.807, 2.05) is 12.1 Å². The Morgan fingerprint density at radius 2 is 2.00 bits per heavy atom. The van der Waals surface area contributed by atoms with Crippen LogP contribution in [0.1, 0.15) is 24.0 Å². The highest BCUT2D eigenvalue weighted by Gasteiger charge is 2.54. The van der Waals surface area contributed by atoms with Gasteiger partial charge in [-0.25, -0.2) is 4.79 Å². The molecule has 0 bridgehead atoms. The third-order valence-corrected chi connectivity index (χ3v) is 7.25. The zero-order valence-corrected chi connectivity index (χ0v) is 18.5. The van der Waals surface area contributed by atoms with Crippen LogP contribution in [0.5, 0.6) is 11.5 Å². The summed E-state index contributed by atoms with van der Waals surface area (Å²) in [5, 5.41) is 39.6. The number of benzene rings is 1. The average Bonchev–Trinajstić information content (AvgIpc) is 3.05. The van der Waals surface area contributed by atoms with Crippen LogP contribution < -0.4 is 9.47 Å². The second-order valence-corrected chi connectivity index (χ2v) is 9.27. The summed E-state index contributed by atoms with van der Waals surface area (Å²) in [4.78, 5) is 13.7. The first-order valence-electron chi connectivity index (χ1n) is 11.1. The molecule has 1 aromatic carbocycles. The van der Waals surface area contributed by atoms with Crippen molar-refractivity contribution in [1.29, 1.82) is 0 Å². The smallest absolute Gasteiger partial charge is 0.335 e. The molecule has 0 amide bonds. The Kier molecular flexibility index (Phi) is 5.63. The van der Waals surface area contributed by atoms with E-state index in [4.69, 9.17) is 18.9 Å². The van der Waals surface area contributed by atoms with E-state index in [1.165, 1.54) is 5.56 Å². The van der Waals surface area contributed by atoms with E-state index in [0.717, 1.165) is 30.8 Å². The number of hydrogen-bond donors (Lipinski definition) is 4. The van der Waals surface area contributed by atoms with Crippen LogP contribution in [-0.4, -0.2) is 94.9 Å². The van der Waals surface area contributed by atoms with Crippen molar-refractivity contribution >= 4 is 5.97 Å². The Hall–Kier alpha value is -2.21. The normalized spacial score (nSPS) is 39.8. The van der Waals surface area contributed by atoms with Crippen molar-refractivity contribution in [1.82, 2.24) is 4.90 Å². The molecule has 1 aliphatic carbocycles. The molecule has 33 heavy (non-hydrogen) atoms. The molecule has 1 spiro atoms. The molecular weight excluding hydrogens is 434 g/mol. The molecule has 10 heteroatoms. The van der Waals surface area contributed by atoms with Crippen molar-refractivity contribution in [2.24, 2.45) is 0 Å². The minimum absolute atomic E-state index is 0.254. The van der Waals surface area contributed by atoms with Crippen molar-refractivity contribution in [3.63, 3.8) is 0 Å². The number of carbonyl (C=O) groups is 1. The zero-order valence-electron chi connectivity index (χ0n) is 18.5. The first-order chi connectivity index (χ1) is 15.7. The van der Waals surface area contributed by atoms with Crippen LogP contribution in [0.2, 0.25) is 0 Å². The lowest BCUT2D eigenvalue weighted by Gasteiger charge is -2.42. The summed E-state index contributed by atoms with van der Waals surface area (Å²) in [5.74, 6) is -0.0404. The number of carboxylic acid groups (broad SMARTS) is 1. The molecular formula is C23H29NO9. The fourth-order valence-electron chi connectivity index (χ4n) is 5.50. The van der Waals surface area contributed by atoms with Crippen LogP contribution >= 0.6 is 0 Å². The molecule has 3 heterocycles. The standard InChI is InChI=1S/C23H29NO9/c1-24-8-7-23-6-5-12(31-22-18(27)16(25)17(26)20(33-22)21(28)29)9-14(23)32-19-13(30-2)4-3-11(10-24)15(19)23/h3-6,12,14,16-18,20,22,25-27H,7-10H2,1-2H3,(H,28,29)/t12-,14-,16?,17+,18?,20?,22-,23-/m0/s1. The number of ether oxygens (including phenoxy) is 4. The fourth-order valence-corrected chi connectivity index (χ4v) is 5.50. The maximum Gasteiger partial charge on any atom is 0.335 e. The zero-order chi connectivity index (χ0) is 23.5. The summed E-state index contributed by atoms with van der Waals surface area (Å²) in [6.45, 7) is 1.68. The second kappa shape index (κ2) is 8.23. The molecule has 0 saturated carbocycles. The van der Waals surface area contributed by atoms with Crippen LogP contribution in [-0.2, 0) is 26.2 Å². The molecule has 3 unspecified atom stereocenters. The lowest BCUT2D eigenvalue weighted by atomic mass is 9.69. The SMILES string of the molecule is COc1ccc2c3c1O[C@H]1C[C@@H](O[C@H]4OC(C(=O)O)[C@H](O)C(O)C4O)C=C[C@@]31CCN(C)C2. The van der Waals surface area contributed by atoms with Gasteiger partial charge in [0.05, 0.1) is 18.6 Å². The summed E-state index contributed by atoms with van der Waals surface area (Å²) < 4.78 is 23.2. The molecule has 180 valence electrons. The molecule has 8 atom stereocenters. The largest absolute Gasteiger partial charge is 0.493 e. The van der Waals surface area contributed by atoms with Gasteiger partial charge in [0.25, 0.3) is 0 Å². The number of hydrogen-bond acceptors (Lipinski definition) is 9. The van der Waals surface area contributed by atoms with Crippen LogP contribution in [0.4, 0.5) is 0 Å². The maximum atomic E-state index is 11.4. The van der Waals surface area contributed by atoms with Crippen LogP contribution in [0.25, 0.3) is 0 Å². The van der Waals surface area contributed by atoms with Crippen LogP contribution in [0.15, 0.2) is 24.3 Å². The summed E-state index contributed by atoms with van der Waals surface area (Å²) in [6, 6.07) is 4.00. The van der Waals surface area contributed by atoms with Crippen molar-refractivity contribution in [2.45, 2.75) is 67.7 Å². The van der Waals surface area contributed by atoms with Gasteiger partial charge < -0.3 is 44.3 Å². The van der Waals surface area contributed by atoms with Gasteiger partial charge in [0.15, 0.2) is 23.9 Å². The summed E-state index contributed by atoms with van der Waals surface area (Å²) in [5.41, 5.74) is 1.96. The van der Waals surface area contributed by atoms with Gasteiger partial charge >= 0.3 is 5.97 Å². The number of methoxy groups -OCH3 is 1. The van der Waals surface area contributed by atoms with Gasteiger partial charge in [-0.15, -0.1) is 0 Å². The van der Waals surface area contributed by atoms with Crippen molar-refractivity contribution in [3.05, 3.63) is 35.4 Å². The highest BCUT2D eigenvalue weighted by atomic mass is 16.7. The van der Waals surface area contributed by atoms with Crippen LogP contribution in [0.3, 0.4) is 0 Å². The summed E-state index contributed by atoms with van der Waals surface area (Å²) >= 11 is 0. The molecule has 10 nitrogen and oxygen atoms in total. The quantitative estimate of drug-likeness (QED) is 0.443. The van der Waals surface area contributed by atoms with Gasteiger partial charge in [-0.2, -0.15) is 0 Å². The molecule has 3 aliphatic heterocycles. The van der Waals surface area contributed by atoms with E-state index in [9.17, 15) is 25.2 Å². The molecule has 0 aromatic heterocycles. The summed E-state index contributed by atoms with van der Waals surface area (Å²) in [6.07, 6.45) is -3.76. The van der Waals surface area contributed by atoms with Crippen molar-refractivity contribution < 1.29 is 44.2 Å². The molecule has 1 saturated heterocycles. The van der Waals surface area contributed by atoms with Crippen molar-refractivity contribution in [2.75, 3.05) is 20.7 Å². The van der Waals surface area contributed by atoms with E-state index >= 15 is 0 Å². The van der Waals surface area contributed by atoms with Gasteiger partial charge in [0.2, 0.25) is 0 Å². The Labute approximate surface area is 190 Å².